The Morgan fingerprint density at radius 1 is 1.29 bits per heavy atom. The summed E-state index contributed by atoms with van der Waals surface area (Å²) in [6.45, 7) is 5.71. The van der Waals surface area contributed by atoms with Crippen molar-refractivity contribution in [3.63, 3.8) is 0 Å². The number of benzene rings is 1. The van der Waals surface area contributed by atoms with Crippen molar-refractivity contribution in [1.29, 1.82) is 0 Å². The third kappa shape index (κ3) is 1.98. The van der Waals surface area contributed by atoms with Gasteiger partial charge in [-0.15, -0.1) is 10.2 Å². The Hall–Kier alpha value is -1.98. The number of rotatable bonds is 1. The van der Waals surface area contributed by atoms with Gasteiger partial charge in [-0.25, -0.2) is 4.39 Å². The molecule has 0 saturated heterocycles. The van der Waals surface area contributed by atoms with E-state index in [1.165, 1.54) is 0 Å². The van der Waals surface area contributed by atoms with Crippen molar-refractivity contribution < 1.29 is 4.39 Å². The molecule has 0 saturated carbocycles. The first-order chi connectivity index (χ1) is 7.91. The molecule has 1 heterocycles. The van der Waals surface area contributed by atoms with Crippen molar-refractivity contribution in [2.45, 2.75) is 26.2 Å². The molecule has 0 spiro atoms. The van der Waals surface area contributed by atoms with Crippen molar-refractivity contribution in [2.24, 2.45) is 0 Å². The molecule has 0 aliphatic carbocycles. The molecular weight excluding hydrogens is 221 g/mol. The van der Waals surface area contributed by atoms with E-state index in [4.69, 9.17) is 5.73 Å². The molecule has 1 aromatic heterocycles. The van der Waals surface area contributed by atoms with Gasteiger partial charge in [0.15, 0.2) is 0 Å². The predicted molar refractivity (Wildman–Crippen MR) is 62.7 cm³/mol. The predicted octanol–water partition coefficient (Wildman–Crippen LogP) is 1.89. The molecule has 0 unspecified atom stereocenters. The van der Waals surface area contributed by atoms with Crippen LogP contribution in [-0.4, -0.2) is 20.6 Å². The molecule has 5 nitrogen and oxygen atoms in total. The van der Waals surface area contributed by atoms with Crippen LogP contribution in [0.3, 0.4) is 0 Å². The molecule has 0 bridgehead atoms. The second-order valence-corrected chi connectivity index (χ2v) is 4.88. The third-order valence-corrected chi connectivity index (χ3v) is 2.51. The molecule has 2 rings (SSSR count). The molecule has 0 fully saturated rings. The van der Waals surface area contributed by atoms with Crippen LogP contribution in [0.25, 0.3) is 11.4 Å². The fraction of sp³-hybridized carbons (Fsp3) is 0.364. The van der Waals surface area contributed by atoms with Crippen LogP contribution in [0.5, 0.6) is 0 Å². The average Bonchev–Trinajstić information content (AvgIpc) is 2.68. The van der Waals surface area contributed by atoms with Gasteiger partial charge in [0.05, 0.1) is 5.56 Å². The first-order valence-electron chi connectivity index (χ1n) is 5.23. The Labute approximate surface area is 98.2 Å². The SMILES string of the molecule is CC(C)(C)c1c(N)ccc(-c2nn[nH]n2)c1F. The molecule has 17 heavy (non-hydrogen) atoms. The summed E-state index contributed by atoms with van der Waals surface area (Å²) in [7, 11) is 0. The number of tetrazole rings is 1. The van der Waals surface area contributed by atoms with E-state index in [-0.39, 0.29) is 17.1 Å². The zero-order chi connectivity index (χ0) is 12.6. The monoisotopic (exact) mass is 235 g/mol. The van der Waals surface area contributed by atoms with Gasteiger partial charge in [-0.05, 0) is 22.8 Å². The Bertz CT molecular complexity index is 528. The number of nitrogen functional groups attached to an aromatic ring is 1. The number of nitrogens with two attached hydrogens (primary N) is 1. The van der Waals surface area contributed by atoms with Crippen molar-refractivity contribution in [3.8, 4) is 11.4 Å². The molecular formula is C11H14FN5. The first kappa shape index (κ1) is 11.5. The van der Waals surface area contributed by atoms with Crippen LogP contribution >= 0.6 is 0 Å². The van der Waals surface area contributed by atoms with E-state index in [2.05, 4.69) is 20.6 Å². The van der Waals surface area contributed by atoms with E-state index in [1.54, 1.807) is 12.1 Å². The topological polar surface area (TPSA) is 80.5 Å². The highest BCUT2D eigenvalue weighted by atomic mass is 19.1. The van der Waals surface area contributed by atoms with E-state index >= 15 is 0 Å². The fourth-order valence-electron chi connectivity index (χ4n) is 1.80. The lowest BCUT2D eigenvalue weighted by Gasteiger charge is -2.22. The largest absolute Gasteiger partial charge is 0.398 e. The summed E-state index contributed by atoms with van der Waals surface area (Å²) in [6, 6.07) is 3.22. The maximum atomic E-state index is 14.4. The maximum absolute atomic E-state index is 14.4. The lowest BCUT2D eigenvalue weighted by atomic mass is 9.84. The summed E-state index contributed by atoms with van der Waals surface area (Å²) < 4.78 is 14.4. The Morgan fingerprint density at radius 3 is 2.53 bits per heavy atom. The number of aromatic nitrogens is 4. The van der Waals surface area contributed by atoms with Crippen LogP contribution in [0.4, 0.5) is 10.1 Å². The highest BCUT2D eigenvalue weighted by Gasteiger charge is 2.25. The van der Waals surface area contributed by atoms with Gasteiger partial charge in [0.25, 0.3) is 0 Å². The molecule has 6 heteroatoms. The highest BCUT2D eigenvalue weighted by molar-refractivity contribution is 5.64. The van der Waals surface area contributed by atoms with E-state index < -0.39 is 0 Å². The van der Waals surface area contributed by atoms with Gasteiger partial charge in [0.1, 0.15) is 5.82 Å². The number of hydrogen-bond acceptors (Lipinski definition) is 4. The average molecular weight is 235 g/mol. The van der Waals surface area contributed by atoms with Crippen LogP contribution in [0.2, 0.25) is 0 Å². The highest BCUT2D eigenvalue weighted by Crippen LogP contribution is 2.34. The minimum atomic E-state index is -0.390. The molecule has 3 N–H and O–H groups in total. The lowest BCUT2D eigenvalue weighted by Crippen LogP contribution is -2.17. The van der Waals surface area contributed by atoms with Crippen LogP contribution < -0.4 is 5.73 Å². The quantitative estimate of drug-likeness (QED) is 0.739. The number of halogens is 1. The van der Waals surface area contributed by atoms with Crippen molar-refractivity contribution >= 4 is 5.69 Å². The minimum absolute atomic E-state index is 0.230. The van der Waals surface area contributed by atoms with Crippen LogP contribution in [0.15, 0.2) is 12.1 Å². The molecule has 90 valence electrons. The molecule has 0 atom stereocenters. The number of hydrogen-bond donors (Lipinski definition) is 2. The van der Waals surface area contributed by atoms with Crippen LogP contribution in [0.1, 0.15) is 26.3 Å². The first-order valence-corrected chi connectivity index (χ1v) is 5.23. The summed E-state index contributed by atoms with van der Waals surface area (Å²) in [4.78, 5) is 0. The van der Waals surface area contributed by atoms with E-state index in [0.717, 1.165) is 0 Å². The Balaban J connectivity index is 2.66. The second-order valence-electron chi connectivity index (χ2n) is 4.88. The van der Waals surface area contributed by atoms with Crippen LogP contribution in [0, 0.1) is 5.82 Å². The Morgan fingerprint density at radius 2 is 2.00 bits per heavy atom. The zero-order valence-electron chi connectivity index (χ0n) is 9.95. The number of anilines is 1. The summed E-state index contributed by atoms with van der Waals surface area (Å²) in [5.41, 5.74) is 6.65. The standard InChI is InChI=1S/C11H14FN5/c1-11(2,3)8-7(13)5-4-6(9(8)12)10-14-16-17-15-10/h4-5H,13H2,1-3H3,(H,14,15,16,17). The molecule has 0 aliphatic rings. The van der Waals surface area contributed by atoms with Crippen molar-refractivity contribution in [2.75, 3.05) is 5.73 Å². The molecule has 1 aromatic carbocycles. The van der Waals surface area contributed by atoms with Gasteiger partial charge in [-0.1, -0.05) is 20.8 Å². The van der Waals surface area contributed by atoms with Gasteiger partial charge in [-0.2, -0.15) is 5.21 Å². The molecule has 0 aliphatic heterocycles. The summed E-state index contributed by atoms with van der Waals surface area (Å²) in [5, 5.41) is 13.3. The Kier molecular flexibility index (Phi) is 2.57. The van der Waals surface area contributed by atoms with Gasteiger partial charge >= 0.3 is 0 Å². The number of nitrogens with one attached hydrogen (secondary N) is 1. The minimum Gasteiger partial charge on any atom is -0.398 e. The van der Waals surface area contributed by atoms with Gasteiger partial charge in [0.2, 0.25) is 5.82 Å². The van der Waals surface area contributed by atoms with Crippen LogP contribution in [-0.2, 0) is 5.41 Å². The smallest absolute Gasteiger partial charge is 0.207 e. The number of H-pyrrole nitrogens is 1. The lowest BCUT2D eigenvalue weighted by molar-refractivity contribution is 0.526. The summed E-state index contributed by atoms with van der Waals surface area (Å²) >= 11 is 0. The van der Waals surface area contributed by atoms with E-state index in [9.17, 15) is 4.39 Å². The summed E-state index contributed by atoms with van der Waals surface area (Å²) in [5.74, 6) is -0.160. The van der Waals surface area contributed by atoms with Crippen molar-refractivity contribution in [1.82, 2.24) is 20.6 Å². The van der Waals surface area contributed by atoms with E-state index in [1.807, 2.05) is 20.8 Å². The molecule has 0 amide bonds. The van der Waals surface area contributed by atoms with Crippen molar-refractivity contribution in [3.05, 3.63) is 23.5 Å². The molecule has 2 aromatic rings. The number of aromatic amines is 1. The summed E-state index contributed by atoms with van der Waals surface area (Å²) in [6.07, 6.45) is 0. The van der Waals surface area contributed by atoms with Gasteiger partial charge in [0, 0.05) is 11.3 Å². The zero-order valence-corrected chi connectivity index (χ0v) is 9.95. The normalized spacial score (nSPS) is 11.8. The third-order valence-electron chi connectivity index (χ3n) is 2.51. The number of nitrogens with zero attached hydrogens (tertiary/aromatic N) is 3. The van der Waals surface area contributed by atoms with E-state index in [0.29, 0.717) is 16.8 Å². The van der Waals surface area contributed by atoms with Gasteiger partial charge < -0.3 is 5.73 Å². The second kappa shape index (κ2) is 3.80. The molecule has 0 radical (unpaired) electrons. The maximum Gasteiger partial charge on any atom is 0.207 e. The fourth-order valence-corrected chi connectivity index (χ4v) is 1.80. The van der Waals surface area contributed by atoms with Gasteiger partial charge in [-0.3, -0.25) is 0 Å².